The van der Waals surface area contributed by atoms with Gasteiger partial charge in [-0.05, 0) is 84.4 Å². The number of nitrogens with one attached hydrogen (secondary N) is 1. The van der Waals surface area contributed by atoms with Crippen LogP contribution in [0.1, 0.15) is 103 Å². The average Bonchev–Trinajstić information content (AvgIpc) is 2.90. The molecule has 0 spiro atoms. The summed E-state index contributed by atoms with van der Waals surface area (Å²) in [6.07, 6.45) is 3.77. The van der Waals surface area contributed by atoms with Crippen molar-refractivity contribution >= 4 is 11.7 Å². The number of carboxylic acids is 1. The van der Waals surface area contributed by atoms with Gasteiger partial charge in [-0.2, -0.15) is 13.2 Å². The molecule has 0 bridgehead atoms. The largest absolute Gasteiger partial charge is 0.481 e. The van der Waals surface area contributed by atoms with Gasteiger partial charge >= 0.3 is 12.1 Å². The average molecular weight is 531 g/mol. The van der Waals surface area contributed by atoms with Gasteiger partial charge in [0.25, 0.3) is 0 Å². The van der Waals surface area contributed by atoms with E-state index in [1.54, 1.807) is 12.1 Å². The standard InChI is InChI=1S/C30H37F3N2O3/c1-2-21-17-26-23(16-24(21)18-34-14-13-29(36)37)9-6-10-28(26)35-38-19-20-11-12-25(22-7-4-3-5-8-22)27(15-20)30(31,32)33/h11-12,15-17,22,34H,2-10,13-14,18-19H2,1H3,(H,36,37). The van der Waals surface area contributed by atoms with E-state index in [-0.39, 0.29) is 18.9 Å². The lowest BCUT2D eigenvalue weighted by molar-refractivity contribution is -0.139. The van der Waals surface area contributed by atoms with Crippen LogP contribution in [0, 0.1) is 0 Å². The van der Waals surface area contributed by atoms with E-state index in [1.807, 2.05) is 0 Å². The molecule has 2 aromatic rings. The number of fused-ring (bicyclic) bond motifs is 1. The van der Waals surface area contributed by atoms with E-state index in [0.29, 0.717) is 24.2 Å². The molecule has 2 N–H and O–H groups in total. The van der Waals surface area contributed by atoms with Gasteiger partial charge in [-0.3, -0.25) is 4.79 Å². The van der Waals surface area contributed by atoms with Crippen molar-refractivity contribution in [2.75, 3.05) is 6.54 Å². The molecule has 2 aliphatic rings. The first kappa shape index (κ1) is 28.1. The molecule has 0 heterocycles. The van der Waals surface area contributed by atoms with Crippen molar-refractivity contribution in [1.82, 2.24) is 5.32 Å². The number of aryl methyl sites for hydroxylation is 2. The van der Waals surface area contributed by atoms with E-state index in [9.17, 15) is 18.0 Å². The smallest absolute Gasteiger partial charge is 0.416 e. The summed E-state index contributed by atoms with van der Waals surface area (Å²) in [7, 11) is 0. The Balaban J connectivity index is 1.47. The summed E-state index contributed by atoms with van der Waals surface area (Å²) in [5.41, 5.74) is 5.67. The summed E-state index contributed by atoms with van der Waals surface area (Å²) in [6.45, 7) is 3.08. The number of hydrogen-bond donors (Lipinski definition) is 2. The van der Waals surface area contributed by atoms with E-state index in [4.69, 9.17) is 9.94 Å². The highest BCUT2D eigenvalue weighted by atomic mass is 19.4. The number of alkyl halides is 3. The summed E-state index contributed by atoms with van der Waals surface area (Å²) < 4.78 is 41.7. The molecule has 0 aromatic heterocycles. The fourth-order valence-electron chi connectivity index (χ4n) is 5.70. The Morgan fingerprint density at radius 2 is 1.87 bits per heavy atom. The summed E-state index contributed by atoms with van der Waals surface area (Å²) >= 11 is 0. The quantitative estimate of drug-likeness (QED) is 0.253. The number of halogens is 3. The highest BCUT2D eigenvalue weighted by Crippen LogP contribution is 2.41. The summed E-state index contributed by atoms with van der Waals surface area (Å²) in [5.74, 6) is -0.853. The first-order valence-corrected chi connectivity index (χ1v) is 13.7. The van der Waals surface area contributed by atoms with Crippen LogP contribution in [0.4, 0.5) is 13.2 Å². The molecule has 206 valence electrons. The number of oxime groups is 1. The van der Waals surface area contributed by atoms with Crippen LogP contribution in [-0.4, -0.2) is 23.3 Å². The van der Waals surface area contributed by atoms with Gasteiger partial charge in [0.15, 0.2) is 0 Å². The van der Waals surface area contributed by atoms with Crippen LogP contribution in [0.5, 0.6) is 0 Å². The second-order valence-electron chi connectivity index (χ2n) is 10.4. The van der Waals surface area contributed by atoms with Crippen molar-refractivity contribution in [3.05, 3.63) is 69.3 Å². The highest BCUT2D eigenvalue weighted by Gasteiger charge is 2.35. The Morgan fingerprint density at radius 3 is 2.58 bits per heavy atom. The highest BCUT2D eigenvalue weighted by molar-refractivity contribution is 6.02. The molecule has 4 rings (SSSR count). The van der Waals surface area contributed by atoms with Gasteiger partial charge in [-0.1, -0.05) is 49.5 Å². The molecule has 0 radical (unpaired) electrons. The molecular formula is C30H37F3N2O3. The number of carboxylic acid groups (broad SMARTS) is 1. The lowest BCUT2D eigenvalue weighted by Gasteiger charge is -2.25. The van der Waals surface area contributed by atoms with Gasteiger partial charge in [-0.15, -0.1) is 0 Å². The lowest BCUT2D eigenvalue weighted by Crippen LogP contribution is -2.20. The first-order chi connectivity index (χ1) is 18.3. The summed E-state index contributed by atoms with van der Waals surface area (Å²) in [4.78, 5) is 16.4. The molecule has 2 aromatic carbocycles. The third-order valence-corrected chi connectivity index (χ3v) is 7.68. The third-order valence-electron chi connectivity index (χ3n) is 7.68. The van der Waals surface area contributed by atoms with Gasteiger partial charge in [0, 0.05) is 18.7 Å². The minimum atomic E-state index is -4.40. The maximum absolute atomic E-state index is 13.9. The minimum absolute atomic E-state index is 0.0148. The van der Waals surface area contributed by atoms with E-state index >= 15 is 0 Å². The molecule has 0 saturated heterocycles. The molecule has 1 fully saturated rings. The summed E-state index contributed by atoms with van der Waals surface area (Å²) in [5, 5.41) is 16.4. The molecule has 0 unspecified atom stereocenters. The molecule has 5 nitrogen and oxygen atoms in total. The van der Waals surface area contributed by atoms with Crippen molar-refractivity contribution in [3.63, 3.8) is 0 Å². The topological polar surface area (TPSA) is 70.9 Å². The van der Waals surface area contributed by atoms with Crippen molar-refractivity contribution in [2.45, 2.75) is 96.4 Å². The molecule has 1 saturated carbocycles. The summed E-state index contributed by atoms with van der Waals surface area (Å²) in [6, 6.07) is 8.91. The van der Waals surface area contributed by atoms with Crippen molar-refractivity contribution in [2.24, 2.45) is 5.16 Å². The van der Waals surface area contributed by atoms with Crippen LogP contribution in [0.25, 0.3) is 0 Å². The van der Waals surface area contributed by atoms with Crippen molar-refractivity contribution in [3.8, 4) is 0 Å². The molecule has 0 aliphatic heterocycles. The number of rotatable bonds is 10. The van der Waals surface area contributed by atoms with Crippen LogP contribution in [0.15, 0.2) is 35.5 Å². The Morgan fingerprint density at radius 1 is 1.08 bits per heavy atom. The van der Waals surface area contributed by atoms with Crippen LogP contribution >= 0.6 is 0 Å². The predicted molar refractivity (Wildman–Crippen MR) is 141 cm³/mol. The fourth-order valence-corrected chi connectivity index (χ4v) is 5.70. The number of nitrogens with zero attached hydrogens (tertiary/aromatic N) is 1. The monoisotopic (exact) mass is 530 g/mol. The molecule has 38 heavy (non-hydrogen) atoms. The Labute approximate surface area is 222 Å². The number of hydrogen-bond acceptors (Lipinski definition) is 4. The molecule has 2 aliphatic carbocycles. The third kappa shape index (κ3) is 7.16. The molecule has 8 heteroatoms. The van der Waals surface area contributed by atoms with Gasteiger partial charge in [0.1, 0.15) is 6.61 Å². The van der Waals surface area contributed by atoms with Gasteiger partial charge in [0.05, 0.1) is 17.7 Å². The first-order valence-electron chi connectivity index (χ1n) is 13.7. The van der Waals surface area contributed by atoms with Gasteiger partial charge in [0.2, 0.25) is 0 Å². The maximum Gasteiger partial charge on any atom is 0.416 e. The Hall–Kier alpha value is -2.87. The molecular weight excluding hydrogens is 493 g/mol. The Kier molecular flexibility index (Phi) is 9.47. The fraction of sp³-hybridized carbons (Fsp3) is 0.533. The number of benzene rings is 2. The maximum atomic E-state index is 13.9. The van der Waals surface area contributed by atoms with Crippen LogP contribution in [-0.2, 0) is 41.8 Å². The van der Waals surface area contributed by atoms with Gasteiger partial charge in [-0.25, -0.2) is 0 Å². The van der Waals surface area contributed by atoms with E-state index in [0.717, 1.165) is 80.2 Å². The van der Waals surface area contributed by atoms with E-state index in [2.05, 4.69) is 29.5 Å². The number of carbonyl (C=O) groups is 1. The van der Waals surface area contributed by atoms with Gasteiger partial charge < -0.3 is 15.3 Å². The number of aliphatic carboxylic acids is 1. The van der Waals surface area contributed by atoms with Crippen molar-refractivity contribution < 1.29 is 27.9 Å². The van der Waals surface area contributed by atoms with Crippen molar-refractivity contribution in [1.29, 1.82) is 0 Å². The zero-order valence-corrected chi connectivity index (χ0v) is 22.0. The van der Waals surface area contributed by atoms with E-state index in [1.165, 1.54) is 11.6 Å². The SMILES string of the molecule is CCc1cc2c(cc1CNCCC(=O)O)CCCC2=NOCc1ccc(C2CCCCC2)c(C(F)(F)F)c1. The van der Waals surface area contributed by atoms with Crippen LogP contribution in [0.2, 0.25) is 0 Å². The van der Waals surface area contributed by atoms with E-state index < -0.39 is 17.7 Å². The predicted octanol–water partition coefficient (Wildman–Crippen LogP) is 7.14. The second-order valence-corrected chi connectivity index (χ2v) is 10.4. The zero-order valence-electron chi connectivity index (χ0n) is 22.0. The Bertz CT molecular complexity index is 1150. The molecule has 0 atom stereocenters. The zero-order chi connectivity index (χ0) is 27.1. The second kappa shape index (κ2) is 12.8. The van der Waals surface area contributed by atoms with Crippen LogP contribution in [0.3, 0.4) is 0 Å². The normalized spacial score (nSPS) is 17.4. The van der Waals surface area contributed by atoms with Crippen LogP contribution < -0.4 is 5.32 Å². The molecule has 0 amide bonds. The minimum Gasteiger partial charge on any atom is -0.481 e. The lowest BCUT2D eigenvalue weighted by atomic mass is 9.81.